The molecule has 0 unspecified atom stereocenters. The second kappa shape index (κ2) is 5.40. The average Bonchev–Trinajstić information content (AvgIpc) is 2.55. The lowest BCUT2D eigenvalue weighted by molar-refractivity contribution is 0.112. The van der Waals surface area contributed by atoms with Crippen LogP contribution in [0.15, 0.2) is 47.5 Å². The van der Waals surface area contributed by atoms with Crippen LogP contribution in [0.25, 0.3) is 16.6 Å². The van der Waals surface area contributed by atoms with Crippen LogP contribution in [0.4, 0.5) is 4.39 Å². The summed E-state index contributed by atoms with van der Waals surface area (Å²) in [4.78, 5) is 27.7. The van der Waals surface area contributed by atoms with Crippen LogP contribution >= 0.6 is 0 Å². The van der Waals surface area contributed by atoms with Crippen LogP contribution in [0, 0.1) is 5.82 Å². The SMILES string of the molecule is COc1ccc(-n2cnc3ccc(F)cc3c2=O)cc1C=O. The van der Waals surface area contributed by atoms with Gasteiger partial charge in [0, 0.05) is 0 Å². The highest BCUT2D eigenvalue weighted by atomic mass is 19.1. The number of methoxy groups -OCH3 is 1. The van der Waals surface area contributed by atoms with Crippen LogP contribution in [0.1, 0.15) is 10.4 Å². The molecule has 5 nitrogen and oxygen atoms in total. The number of carbonyl (C=O) groups excluding carboxylic acids is 1. The molecular weight excluding hydrogens is 287 g/mol. The molecule has 1 aromatic heterocycles. The van der Waals surface area contributed by atoms with Crippen LogP contribution < -0.4 is 10.3 Å². The van der Waals surface area contributed by atoms with Crippen molar-refractivity contribution in [3.8, 4) is 11.4 Å². The second-order valence-electron chi connectivity index (χ2n) is 4.63. The largest absolute Gasteiger partial charge is 0.496 e. The molecule has 3 rings (SSSR count). The summed E-state index contributed by atoms with van der Waals surface area (Å²) in [6.45, 7) is 0. The lowest BCUT2D eigenvalue weighted by atomic mass is 10.2. The van der Waals surface area contributed by atoms with Crippen molar-refractivity contribution in [3.63, 3.8) is 0 Å². The van der Waals surface area contributed by atoms with Gasteiger partial charge in [-0.1, -0.05) is 0 Å². The summed E-state index contributed by atoms with van der Waals surface area (Å²) in [5.41, 5.74) is 0.760. The summed E-state index contributed by atoms with van der Waals surface area (Å²) in [6.07, 6.45) is 1.99. The predicted molar refractivity (Wildman–Crippen MR) is 79.2 cm³/mol. The molecule has 1 heterocycles. The molecule has 110 valence electrons. The lowest BCUT2D eigenvalue weighted by Gasteiger charge is -2.09. The number of hydrogen-bond donors (Lipinski definition) is 0. The van der Waals surface area contributed by atoms with Gasteiger partial charge in [0.2, 0.25) is 0 Å². The quantitative estimate of drug-likeness (QED) is 0.696. The van der Waals surface area contributed by atoms with Crippen LogP contribution in [-0.4, -0.2) is 22.9 Å². The number of ether oxygens (including phenoxy) is 1. The molecule has 0 fully saturated rings. The van der Waals surface area contributed by atoms with E-state index in [2.05, 4.69) is 4.98 Å². The molecule has 2 aromatic carbocycles. The van der Waals surface area contributed by atoms with E-state index in [-0.39, 0.29) is 5.39 Å². The highest BCUT2D eigenvalue weighted by Crippen LogP contribution is 2.20. The second-order valence-corrected chi connectivity index (χ2v) is 4.63. The standard InChI is InChI=1S/C16H11FN2O3/c1-22-15-5-3-12(6-10(15)8-20)19-9-18-14-4-2-11(17)7-13(14)16(19)21/h2-9H,1H3. The fourth-order valence-corrected chi connectivity index (χ4v) is 2.24. The van der Waals surface area contributed by atoms with Crippen molar-refractivity contribution < 1.29 is 13.9 Å². The zero-order valence-corrected chi connectivity index (χ0v) is 11.6. The number of benzene rings is 2. The van der Waals surface area contributed by atoms with Crippen molar-refractivity contribution in [3.05, 3.63) is 64.5 Å². The smallest absolute Gasteiger partial charge is 0.265 e. The molecule has 6 heteroatoms. The minimum atomic E-state index is -0.507. The Morgan fingerprint density at radius 2 is 2.05 bits per heavy atom. The number of halogens is 1. The van der Waals surface area contributed by atoms with Gasteiger partial charge < -0.3 is 4.74 Å². The molecule has 0 saturated carbocycles. The zero-order chi connectivity index (χ0) is 15.7. The molecule has 3 aromatic rings. The highest BCUT2D eigenvalue weighted by Gasteiger charge is 2.09. The number of aldehydes is 1. The molecule has 0 radical (unpaired) electrons. The predicted octanol–water partition coefficient (Wildman–Crippen LogP) is 2.35. The Balaban J connectivity index is 2.24. The minimum Gasteiger partial charge on any atom is -0.496 e. The number of carbonyl (C=O) groups is 1. The summed E-state index contributed by atoms with van der Waals surface area (Å²) in [6, 6.07) is 8.56. The van der Waals surface area contributed by atoms with E-state index < -0.39 is 11.4 Å². The summed E-state index contributed by atoms with van der Waals surface area (Å²) in [7, 11) is 1.45. The number of rotatable bonds is 3. The Bertz CT molecular complexity index is 934. The first-order valence-electron chi connectivity index (χ1n) is 6.44. The van der Waals surface area contributed by atoms with E-state index in [0.29, 0.717) is 28.8 Å². The molecule has 0 N–H and O–H groups in total. The maximum absolute atomic E-state index is 13.3. The van der Waals surface area contributed by atoms with E-state index in [9.17, 15) is 14.0 Å². The maximum Gasteiger partial charge on any atom is 0.265 e. The van der Waals surface area contributed by atoms with Gasteiger partial charge in [-0.05, 0) is 36.4 Å². The number of hydrogen-bond acceptors (Lipinski definition) is 4. The van der Waals surface area contributed by atoms with Crippen molar-refractivity contribution in [2.24, 2.45) is 0 Å². The van der Waals surface area contributed by atoms with Gasteiger partial charge in [0.05, 0.1) is 29.3 Å². The Morgan fingerprint density at radius 3 is 2.77 bits per heavy atom. The van der Waals surface area contributed by atoms with Gasteiger partial charge >= 0.3 is 0 Å². The Hall–Kier alpha value is -3.02. The van der Waals surface area contributed by atoms with Gasteiger partial charge in [-0.2, -0.15) is 0 Å². The number of nitrogens with zero attached hydrogens (tertiary/aromatic N) is 2. The van der Waals surface area contributed by atoms with Gasteiger partial charge in [0.15, 0.2) is 6.29 Å². The van der Waals surface area contributed by atoms with E-state index in [1.54, 1.807) is 12.1 Å². The Labute approximate surface area is 124 Å². The molecule has 0 bridgehead atoms. The van der Waals surface area contributed by atoms with Crippen molar-refractivity contribution in [1.29, 1.82) is 0 Å². The summed E-state index contributed by atoms with van der Waals surface area (Å²) < 4.78 is 19.6. The van der Waals surface area contributed by atoms with E-state index in [0.717, 1.165) is 6.07 Å². The third-order valence-corrected chi connectivity index (χ3v) is 3.34. The maximum atomic E-state index is 13.3. The molecule has 0 aliphatic carbocycles. The Morgan fingerprint density at radius 1 is 1.23 bits per heavy atom. The van der Waals surface area contributed by atoms with Crippen molar-refractivity contribution in [2.45, 2.75) is 0 Å². The first-order chi connectivity index (χ1) is 10.6. The van der Waals surface area contributed by atoms with Crippen LogP contribution in [0.5, 0.6) is 5.75 Å². The van der Waals surface area contributed by atoms with Gasteiger partial charge in [-0.15, -0.1) is 0 Å². The number of fused-ring (bicyclic) bond motifs is 1. The van der Waals surface area contributed by atoms with E-state index in [1.807, 2.05) is 0 Å². The summed E-state index contributed by atoms with van der Waals surface area (Å²) >= 11 is 0. The van der Waals surface area contributed by atoms with Gasteiger partial charge in [0.25, 0.3) is 5.56 Å². The molecule has 0 amide bonds. The monoisotopic (exact) mass is 298 g/mol. The summed E-state index contributed by atoms with van der Waals surface area (Å²) in [5.74, 6) is -0.0981. The Kier molecular flexibility index (Phi) is 3.42. The first-order valence-corrected chi connectivity index (χ1v) is 6.44. The first kappa shape index (κ1) is 13.9. The lowest BCUT2D eigenvalue weighted by Crippen LogP contribution is -2.19. The minimum absolute atomic E-state index is 0.172. The van der Waals surface area contributed by atoms with Crippen molar-refractivity contribution in [1.82, 2.24) is 9.55 Å². The zero-order valence-electron chi connectivity index (χ0n) is 11.6. The van der Waals surface area contributed by atoms with E-state index >= 15 is 0 Å². The fourth-order valence-electron chi connectivity index (χ4n) is 2.24. The van der Waals surface area contributed by atoms with Crippen LogP contribution in [-0.2, 0) is 0 Å². The molecule has 0 saturated heterocycles. The van der Waals surface area contributed by atoms with Crippen LogP contribution in [0.2, 0.25) is 0 Å². The third-order valence-electron chi connectivity index (χ3n) is 3.34. The topological polar surface area (TPSA) is 61.2 Å². The molecule has 22 heavy (non-hydrogen) atoms. The van der Waals surface area contributed by atoms with Gasteiger partial charge in [-0.25, -0.2) is 9.37 Å². The summed E-state index contributed by atoms with van der Waals surface area (Å²) in [5, 5.41) is 0.172. The normalized spacial score (nSPS) is 10.6. The average molecular weight is 298 g/mol. The molecular formula is C16H11FN2O3. The highest BCUT2D eigenvalue weighted by molar-refractivity contribution is 5.81. The molecule has 0 atom stereocenters. The molecule has 0 spiro atoms. The fraction of sp³-hybridized carbons (Fsp3) is 0.0625. The van der Waals surface area contributed by atoms with Gasteiger partial charge in [0.1, 0.15) is 17.9 Å². The van der Waals surface area contributed by atoms with Crippen molar-refractivity contribution in [2.75, 3.05) is 7.11 Å². The van der Waals surface area contributed by atoms with Crippen LogP contribution in [0.3, 0.4) is 0 Å². The third kappa shape index (κ3) is 2.24. The van der Waals surface area contributed by atoms with Crippen molar-refractivity contribution >= 4 is 17.2 Å². The van der Waals surface area contributed by atoms with Gasteiger partial charge in [-0.3, -0.25) is 14.2 Å². The van der Waals surface area contributed by atoms with E-state index in [4.69, 9.17) is 4.74 Å². The molecule has 0 aliphatic rings. The molecule has 0 aliphatic heterocycles. The van der Waals surface area contributed by atoms with E-state index in [1.165, 1.54) is 36.2 Å². The number of aromatic nitrogens is 2.